The van der Waals surface area contributed by atoms with Crippen molar-refractivity contribution in [3.05, 3.63) is 42.0 Å². The number of aliphatic hydroxyl groups is 1. The lowest BCUT2D eigenvalue weighted by Gasteiger charge is -2.30. The average Bonchev–Trinajstić information content (AvgIpc) is 3.23. The zero-order chi connectivity index (χ0) is 14.4. The van der Waals surface area contributed by atoms with E-state index in [0.717, 1.165) is 17.0 Å². The summed E-state index contributed by atoms with van der Waals surface area (Å²) in [6.07, 6.45) is 5.98. The molecular formula is C16H18N2O3. The maximum Gasteiger partial charge on any atom is 0.143 e. The number of fused-ring (bicyclic) bond motifs is 1. The van der Waals surface area contributed by atoms with E-state index in [2.05, 4.69) is 9.55 Å². The van der Waals surface area contributed by atoms with Gasteiger partial charge in [-0.2, -0.15) is 0 Å². The van der Waals surface area contributed by atoms with Gasteiger partial charge in [0.1, 0.15) is 17.6 Å². The van der Waals surface area contributed by atoms with Crippen molar-refractivity contribution in [1.29, 1.82) is 0 Å². The molecule has 4 rings (SSSR count). The van der Waals surface area contributed by atoms with Gasteiger partial charge in [-0.25, -0.2) is 4.98 Å². The second-order valence-electron chi connectivity index (χ2n) is 5.72. The summed E-state index contributed by atoms with van der Waals surface area (Å²) in [7, 11) is 1.63. The van der Waals surface area contributed by atoms with Gasteiger partial charge in [-0.15, -0.1) is 0 Å². The van der Waals surface area contributed by atoms with Gasteiger partial charge in [0.25, 0.3) is 0 Å². The molecule has 5 heteroatoms. The molecule has 110 valence electrons. The van der Waals surface area contributed by atoms with Gasteiger partial charge < -0.3 is 19.1 Å². The standard InChI is InChI=1S/C16H18N2O3/c1-20-11-4-5-12-14(19)7-16(21-15(12)6-11)13-8-17-9-18(13)10-2-3-10/h4-6,8-10,14,16,19H,2-3,7H2,1H3/t14-,16?/m0/s1. The van der Waals surface area contributed by atoms with Gasteiger partial charge in [0, 0.05) is 24.1 Å². The fraction of sp³-hybridized carbons (Fsp3) is 0.438. The number of imidazole rings is 1. The highest BCUT2D eigenvalue weighted by molar-refractivity contribution is 5.43. The van der Waals surface area contributed by atoms with Gasteiger partial charge in [-0.05, 0) is 25.0 Å². The second kappa shape index (κ2) is 4.77. The summed E-state index contributed by atoms with van der Waals surface area (Å²) in [5.74, 6) is 1.43. The summed E-state index contributed by atoms with van der Waals surface area (Å²) in [6, 6.07) is 6.10. The number of hydrogen-bond acceptors (Lipinski definition) is 4. The Hall–Kier alpha value is -2.01. The van der Waals surface area contributed by atoms with Gasteiger partial charge in [-0.1, -0.05) is 0 Å². The van der Waals surface area contributed by atoms with Crippen LogP contribution in [-0.4, -0.2) is 21.8 Å². The van der Waals surface area contributed by atoms with Crippen LogP contribution in [0.1, 0.15) is 48.8 Å². The Bertz CT molecular complexity index is 663. The Morgan fingerprint density at radius 3 is 3.00 bits per heavy atom. The van der Waals surface area contributed by atoms with Crippen LogP contribution in [0.5, 0.6) is 11.5 Å². The van der Waals surface area contributed by atoms with Crippen LogP contribution >= 0.6 is 0 Å². The number of benzene rings is 1. The fourth-order valence-corrected chi connectivity index (χ4v) is 2.95. The van der Waals surface area contributed by atoms with Gasteiger partial charge >= 0.3 is 0 Å². The molecule has 21 heavy (non-hydrogen) atoms. The number of nitrogens with zero attached hydrogens (tertiary/aromatic N) is 2. The first-order valence-corrected chi connectivity index (χ1v) is 7.30. The zero-order valence-corrected chi connectivity index (χ0v) is 11.9. The highest BCUT2D eigenvalue weighted by atomic mass is 16.5. The molecule has 0 spiro atoms. The minimum Gasteiger partial charge on any atom is -0.497 e. The topological polar surface area (TPSA) is 56.5 Å². The summed E-state index contributed by atoms with van der Waals surface area (Å²) < 4.78 is 13.5. The van der Waals surface area contributed by atoms with Crippen molar-refractivity contribution in [3.63, 3.8) is 0 Å². The molecule has 0 amide bonds. The van der Waals surface area contributed by atoms with E-state index < -0.39 is 6.10 Å². The van der Waals surface area contributed by atoms with Gasteiger partial charge in [0.05, 0.1) is 31.4 Å². The third kappa shape index (κ3) is 2.17. The molecule has 2 heterocycles. The van der Waals surface area contributed by atoms with Crippen molar-refractivity contribution in [1.82, 2.24) is 9.55 Å². The van der Waals surface area contributed by atoms with Crippen LogP contribution < -0.4 is 9.47 Å². The minimum atomic E-state index is -0.521. The molecule has 1 fully saturated rings. The molecule has 1 aliphatic heterocycles. The van der Waals surface area contributed by atoms with Crippen LogP contribution in [0.3, 0.4) is 0 Å². The predicted octanol–water partition coefficient (Wildman–Crippen LogP) is 2.78. The highest BCUT2D eigenvalue weighted by Crippen LogP contribution is 2.44. The van der Waals surface area contributed by atoms with E-state index in [1.54, 1.807) is 7.11 Å². The summed E-state index contributed by atoms with van der Waals surface area (Å²) in [5.41, 5.74) is 1.87. The third-order valence-electron chi connectivity index (χ3n) is 4.25. The van der Waals surface area contributed by atoms with Crippen molar-refractivity contribution in [2.24, 2.45) is 0 Å². The van der Waals surface area contributed by atoms with Crippen molar-refractivity contribution in [2.45, 2.75) is 37.5 Å². The van der Waals surface area contributed by atoms with E-state index >= 15 is 0 Å². The number of methoxy groups -OCH3 is 1. The fourth-order valence-electron chi connectivity index (χ4n) is 2.95. The maximum atomic E-state index is 10.4. The van der Waals surface area contributed by atoms with Crippen LogP contribution in [0.2, 0.25) is 0 Å². The van der Waals surface area contributed by atoms with E-state index in [9.17, 15) is 5.11 Å². The largest absolute Gasteiger partial charge is 0.497 e. The Morgan fingerprint density at radius 2 is 2.24 bits per heavy atom. The first-order chi connectivity index (χ1) is 10.3. The highest BCUT2D eigenvalue weighted by Gasteiger charge is 2.33. The Labute approximate surface area is 123 Å². The molecule has 2 atom stereocenters. The number of aliphatic hydroxyl groups excluding tert-OH is 1. The van der Waals surface area contributed by atoms with Crippen LogP contribution in [0.15, 0.2) is 30.7 Å². The number of hydrogen-bond donors (Lipinski definition) is 1. The van der Waals surface area contributed by atoms with E-state index in [1.807, 2.05) is 30.7 Å². The van der Waals surface area contributed by atoms with Crippen LogP contribution in [0.4, 0.5) is 0 Å². The second-order valence-corrected chi connectivity index (χ2v) is 5.72. The first-order valence-electron chi connectivity index (χ1n) is 7.30. The lowest BCUT2D eigenvalue weighted by atomic mass is 9.97. The van der Waals surface area contributed by atoms with Crippen LogP contribution in [0, 0.1) is 0 Å². The van der Waals surface area contributed by atoms with Gasteiger partial charge in [-0.3, -0.25) is 0 Å². The van der Waals surface area contributed by atoms with E-state index in [-0.39, 0.29) is 6.10 Å². The zero-order valence-electron chi connectivity index (χ0n) is 11.9. The Balaban J connectivity index is 1.68. The molecule has 0 saturated heterocycles. The first kappa shape index (κ1) is 12.7. The van der Waals surface area contributed by atoms with E-state index in [0.29, 0.717) is 18.2 Å². The molecular weight excluding hydrogens is 268 g/mol. The minimum absolute atomic E-state index is 0.164. The molecule has 1 saturated carbocycles. The van der Waals surface area contributed by atoms with E-state index in [4.69, 9.17) is 9.47 Å². The molecule has 2 aromatic rings. The number of aromatic nitrogens is 2. The normalized spacial score (nSPS) is 24.3. The lowest BCUT2D eigenvalue weighted by molar-refractivity contribution is 0.0616. The predicted molar refractivity (Wildman–Crippen MR) is 76.4 cm³/mol. The summed E-state index contributed by atoms with van der Waals surface area (Å²) in [6.45, 7) is 0. The Morgan fingerprint density at radius 1 is 1.38 bits per heavy atom. The average molecular weight is 286 g/mol. The quantitative estimate of drug-likeness (QED) is 0.942. The van der Waals surface area contributed by atoms with Crippen molar-refractivity contribution < 1.29 is 14.6 Å². The summed E-state index contributed by atoms with van der Waals surface area (Å²) in [5, 5.41) is 10.4. The number of ether oxygens (including phenoxy) is 2. The molecule has 1 aliphatic carbocycles. The number of rotatable bonds is 3. The third-order valence-corrected chi connectivity index (χ3v) is 4.25. The molecule has 0 radical (unpaired) electrons. The van der Waals surface area contributed by atoms with Crippen molar-refractivity contribution in [3.8, 4) is 11.5 Å². The van der Waals surface area contributed by atoms with Crippen molar-refractivity contribution in [2.75, 3.05) is 7.11 Å². The monoisotopic (exact) mass is 286 g/mol. The Kier molecular flexibility index (Phi) is 2.89. The molecule has 1 unspecified atom stereocenters. The molecule has 2 aliphatic rings. The lowest BCUT2D eigenvalue weighted by Crippen LogP contribution is -2.21. The molecule has 1 aromatic carbocycles. The van der Waals surface area contributed by atoms with Crippen LogP contribution in [0.25, 0.3) is 0 Å². The summed E-state index contributed by atoms with van der Waals surface area (Å²) in [4.78, 5) is 4.25. The molecule has 1 N–H and O–H groups in total. The maximum absolute atomic E-state index is 10.4. The molecule has 5 nitrogen and oxygen atoms in total. The van der Waals surface area contributed by atoms with E-state index in [1.165, 1.54) is 12.8 Å². The van der Waals surface area contributed by atoms with Crippen LogP contribution in [-0.2, 0) is 0 Å². The molecule has 0 bridgehead atoms. The summed E-state index contributed by atoms with van der Waals surface area (Å²) >= 11 is 0. The van der Waals surface area contributed by atoms with Crippen molar-refractivity contribution >= 4 is 0 Å². The SMILES string of the molecule is COc1ccc2c(c1)OC(c1cncn1C1CC1)C[C@@H]2O. The van der Waals surface area contributed by atoms with Gasteiger partial charge in [0.15, 0.2) is 0 Å². The van der Waals surface area contributed by atoms with Gasteiger partial charge in [0.2, 0.25) is 0 Å². The smallest absolute Gasteiger partial charge is 0.143 e. The molecule has 1 aromatic heterocycles.